The van der Waals surface area contributed by atoms with Gasteiger partial charge in [0, 0.05) is 11.0 Å². The van der Waals surface area contributed by atoms with Crippen LogP contribution in [0.15, 0.2) is 19.4 Å². The predicted octanol–water partition coefficient (Wildman–Crippen LogP) is 3.36. The molecule has 0 atom stereocenters. The Bertz CT molecular complexity index is 326. The van der Waals surface area contributed by atoms with Crippen LogP contribution in [0.25, 0.3) is 0 Å². The fourth-order valence-corrected chi connectivity index (χ4v) is 3.26. The highest BCUT2D eigenvalue weighted by atomic mass is 79.9. The van der Waals surface area contributed by atoms with E-state index in [1.165, 1.54) is 17.0 Å². The molecule has 1 aromatic rings. The van der Waals surface area contributed by atoms with E-state index in [-0.39, 0.29) is 0 Å². The molecule has 5 heteroatoms. The summed E-state index contributed by atoms with van der Waals surface area (Å²) in [5, 5.41) is 4.29. The molecule has 2 heterocycles. The molecule has 0 saturated carbocycles. The van der Waals surface area contributed by atoms with Gasteiger partial charge in [-0.1, -0.05) is 0 Å². The quantitative estimate of drug-likeness (QED) is 0.842. The van der Waals surface area contributed by atoms with Crippen molar-refractivity contribution in [3.8, 4) is 0 Å². The number of thiophene rings is 1. The lowest BCUT2D eigenvalue weighted by Gasteiger charge is -2.10. The zero-order valence-corrected chi connectivity index (χ0v) is 10.8. The van der Waals surface area contributed by atoms with Crippen LogP contribution >= 0.6 is 43.2 Å². The fraction of sp³-hybridized carbons (Fsp3) is 0.375. The van der Waals surface area contributed by atoms with Gasteiger partial charge in [-0.2, -0.15) is 5.10 Å². The Morgan fingerprint density at radius 2 is 2.31 bits per heavy atom. The lowest BCUT2D eigenvalue weighted by molar-refractivity contribution is 0.663. The number of hydrogen-bond donors (Lipinski definition) is 1. The summed E-state index contributed by atoms with van der Waals surface area (Å²) >= 11 is 8.67. The summed E-state index contributed by atoms with van der Waals surface area (Å²) < 4.78 is 2.25. The molecule has 0 radical (unpaired) electrons. The van der Waals surface area contributed by atoms with E-state index in [2.05, 4.69) is 48.5 Å². The van der Waals surface area contributed by atoms with Crippen molar-refractivity contribution < 1.29 is 0 Å². The van der Waals surface area contributed by atoms with E-state index in [1.807, 2.05) is 0 Å². The lowest BCUT2D eigenvalue weighted by Crippen LogP contribution is -2.18. The summed E-state index contributed by atoms with van der Waals surface area (Å²) in [6.45, 7) is 0.997. The van der Waals surface area contributed by atoms with Gasteiger partial charge < -0.3 is 5.43 Å². The number of halogens is 2. The first-order valence-electron chi connectivity index (χ1n) is 4.02. The third-order valence-corrected chi connectivity index (χ3v) is 5.15. The molecule has 0 aliphatic carbocycles. The molecule has 0 fully saturated rings. The Hall–Kier alpha value is 0.130. The van der Waals surface area contributed by atoms with Crippen LogP contribution in [-0.4, -0.2) is 12.3 Å². The minimum absolute atomic E-state index is 0.997. The maximum Gasteiger partial charge on any atom is 0.0847 e. The average Bonchev–Trinajstić information content (AvgIpc) is 2.49. The minimum Gasteiger partial charge on any atom is -0.310 e. The van der Waals surface area contributed by atoms with Crippen molar-refractivity contribution >= 4 is 48.9 Å². The third kappa shape index (κ3) is 2.14. The zero-order valence-electron chi connectivity index (χ0n) is 6.81. The van der Waals surface area contributed by atoms with Gasteiger partial charge in [0.25, 0.3) is 0 Å². The molecule has 0 bridgehead atoms. The summed E-state index contributed by atoms with van der Waals surface area (Å²) in [6, 6.07) is 2.11. The van der Waals surface area contributed by atoms with E-state index < -0.39 is 0 Å². The van der Waals surface area contributed by atoms with Gasteiger partial charge in [0.05, 0.1) is 14.4 Å². The van der Waals surface area contributed by atoms with Crippen molar-refractivity contribution in [1.82, 2.24) is 5.43 Å². The van der Waals surface area contributed by atoms with Gasteiger partial charge >= 0.3 is 0 Å². The van der Waals surface area contributed by atoms with Crippen LogP contribution in [0.5, 0.6) is 0 Å². The summed E-state index contributed by atoms with van der Waals surface area (Å²) in [6.07, 6.45) is 2.25. The summed E-state index contributed by atoms with van der Waals surface area (Å²) in [7, 11) is 0. The van der Waals surface area contributed by atoms with Crippen molar-refractivity contribution in [3.63, 3.8) is 0 Å². The molecule has 1 aliphatic heterocycles. The second kappa shape index (κ2) is 4.11. The van der Waals surface area contributed by atoms with Crippen LogP contribution in [0.4, 0.5) is 0 Å². The minimum atomic E-state index is 0.997. The highest BCUT2D eigenvalue weighted by molar-refractivity contribution is 9.13. The molecule has 1 aliphatic rings. The van der Waals surface area contributed by atoms with Crippen LogP contribution in [0, 0.1) is 0 Å². The number of rotatable bonds is 1. The third-order valence-electron chi connectivity index (χ3n) is 1.85. The van der Waals surface area contributed by atoms with Crippen LogP contribution in [0.3, 0.4) is 0 Å². The maximum atomic E-state index is 4.29. The molecular formula is C8H8Br2N2S. The van der Waals surface area contributed by atoms with Crippen LogP contribution in [0.1, 0.15) is 17.7 Å². The Morgan fingerprint density at radius 1 is 1.46 bits per heavy atom. The summed E-state index contributed by atoms with van der Waals surface area (Å²) in [5.74, 6) is 0. The lowest BCUT2D eigenvalue weighted by atomic mass is 10.1. The first-order chi connectivity index (χ1) is 6.27. The number of hydrazone groups is 1. The molecule has 13 heavy (non-hydrogen) atoms. The van der Waals surface area contributed by atoms with Gasteiger partial charge in [-0.05, 0) is 50.8 Å². The van der Waals surface area contributed by atoms with Gasteiger partial charge in [-0.3, -0.25) is 0 Å². The Kier molecular flexibility index (Phi) is 3.06. The molecule has 70 valence electrons. The van der Waals surface area contributed by atoms with Gasteiger partial charge in [0.1, 0.15) is 0 Å². The molecule has 2 rings (SSSR count). The topological polar surface area (TPSA) is 24.4 Å². The summed E-state index contributed by atoms with van der Waals surface area (Å²) in [4.78, 5) is 1.24. The van der Waals surface area contributed by atoms with Gasteiger partial charge in [0.2, 0.25) is 0 Å². The van der Waals surface area contributed by atoms with Crippen LogP contribution in [0.2, 0.25) is 0 Å². The van der Waals surface area contributed by atoms with E-state index in [1.54, 1.807) is 11.3 Å². The standard InChI is InChI=1S/C8H8Br2N2S/c9-5-4-7(13-8(5)10)6-2-1-3-11-12-6/h4,11H,1-3H2. The van der Waals surface area contributed by atoms with Crippen molar-refractivity contribution in [2.24, 2.45) is 5.10 Å². The smallest absolute Gasteiger partial charge is 0.0847 e. The van der Waals surface area contributed by atoms with Gasteiger partial charge in [-0.15, -0.1) is 11.3 Å². The van der Waals surface area contributed by atoms with Gasteiger partial charge in [-0.25, -0.2) is 0 Å². The van der Waals surface area contributed by atoms with E-state index in [0.29, 0.717) is 0 Å². The maximum absolute atomic E-state index is 4.29. The second-order valence-corrected chi connectivity index (χ2v) is 6.03. The molecule has 0 spiro atoms. The van der Waals surface area contributed by atoms with Gasteiger partial charge in [0.15, 0.2) is 0 Å². The molecule has 0 unspecified atom stereocenters. The highest BCUT2D eigenvalue weighted by Crippen LogP contribution is 2.33. The molecular weight excluding hydrogens is 316 g/mol. The van der Waals surface area contributed by atoms with E-state index >= 15 is 0 Å². The normalized spacial score (nSPS) is 16.6. The van der Waals surface area contributed by atoms with E-state index in [9.17, 15) is 0 Å². The average molecular weight is 324 g/mol. The SMILES string of the molecule is Brc1cc(C2=NNCCC2)sc1Br. The number of nitrogens with zero attached hydrogens (tertiary/aromatic N) is 1. The predicted molar refractivity (Wildman–Crippen MR) is 63.5 cm³/mol. The highest BCUT2D eigenvalue weighted by Gasteiger charge is 2.12. The first-order valence-corrected chi connectivity index (χ1v) is 6.42. The van der Waals surface area contributed by atoms with Crippen LogP contribution < -0.4 is 5.43 Å². The molecule has 0 aromatic carbocycles. The Labute approximate surface area is 97.7 Å². The molecule has 1 aromatic heterocycles. The van der Waals surface area contributed by atoms with E-state index in [4.69, 9.17) is 0 Å². The molecule has 1 N–H and O–H groups in total. The van der Waals surface area contributed by atoms with E-state index in [0.717, 1.165) is 21.2 Å². The Morgan fingerprint density at radius 3 is 2.85 bits per heavy atom. The molecule has 0 saturated heterocycles. The first kappa shape index (κ1) is 9.68. The fourth-order valence-electron chi connectivity index (χ4n) is 1.21. The number of hydrogen-bond acceptors (Lipinski definition) is 3. The molecule has 2 nitrogen and oxygen atoms in total. The van der Waals surface area contributed by atoms with Crippen molar-refractivity contribution in [2.45, 2.75) is 12.8 Å². The zero-order chi connectivity index (χ0) is 9.26. The van der Waals surface area contributed by atoms with Crippen molar-refractivity contribution in [1.29, 1.82) is 0 Å². The summed E-state index contributed by atoms with van der Waals surface area (Å²) in [5.41, 5.74) is 4.20. The van der Waals surface area contributed by atoms with Crippen molar-refractivity contribution in [3.05, 3.63) is 19.2 Å². The largest absolute Gasteiger partial charge is 0.310 e. The Balaban J connectivity index is 2.29. The number of nitrogens with one attached hydrogen (secondary N) is 1. The second-order valence-electron chi connectivity index (χ2n) is 2.80. The molecule has 0 amide bonds. The monoisotopic (exact) mass is 322 g/mol. The van der Waals surface area contributed by atoms with Crippen molar-refractivity contribution in [2.75, 3.05) is 6.54 Å². The van der Waals surface area contributed by atoms with Crippen LogP contribution in [-0.2, 0) is 0 Å².